The molecule has 22 heavy (non-hydrogen) atoms. The van der Waals surface area contributed by atoms with Crippen molar-refractivity contribution in [3.05, 3.63) is 29.3 Å². The van der Waals surface area contributed by atoms with Crippen LogP contribution in [0.25, 0.3) is 0 Å². The zero-order valence-corrected chi connectivity index (χ0v) is 13.3. The van der Waals surface area contributed by atoms with Gasteiger partial charge in [-0.3, -0.25) is 4.79 Å². The number of benzene rings is 1. The number of carbonyl (C=O) groups excluding carboxylic acids is 1. The minimum absolute atomic E-state index is 0.238. The SMILES string of the molecule is COC(=O)c1c(CCCCCCCC(=O)O)cccc1OC. The molecule has 122 valence electrons. The number of carboxylic acids is 1. The summed E-state index contributed by atoms with van der Waals surface area (Å²) in [6.45, 7) is 0. The van der Waals surface area contributed by atoms with Gasteiger partial charge in [0.05, 0.1) is 14.2 Å². The lowest BCUT2D eigenvalue weighted by Crippen LogP contribution is -2.08. The first-order valence-corrected chi connectivity index (χ1v) is 7.56. The molecular weight excluding hydrogens is 284 g/mol. The van der Waals surface area contributed by atoms with Gasteiger partial charge in [-0.2, -0.15) is 0 Å². The molecule has 0 saturated carbocycles. The Balaban J connectivity index is 2.48. The Morgan fingerprint density at radius 3 is 2.36 bits per heavy atom. The molecule has 5 heteroatoms. The Bertz CT molecular complexity index is 496. The summed E-state index contributed by atoms with van der Waals surface area (Å²) in [5, 5.41) is 8.56. The Labute approximate surface area is 131 Å². The molecule has 0 heterocycles. The van der Waals surface area contributed by atoms with Crippen molar-refractivity contribution >= 4 is 11.9 Å². The number of methoxy groups -OCH3 is 2. The van der Waals surface area contributed by atoms with Gasteiger partial charge in [-0.1, -0.05) is 31.4 Å². The van der Waals surface area contributed by atoms with Crippen molar-refractivity contribution in [3.63, 3.8) is 0 Å². The van der Waals surface area contributed by atoms with Gasteiger partial charge >= 0.3 is 11.9 Å². The van der Waals surface area contributed by atoms with Gasteiger partial charge in [0.2, 0.25) is 0 Å². The number of unbranched alkanes of at least 4 members (excludes halogenated alkanes) is 4. The molecule has 1 N–H and O–H groups in total. The predicted octanol–water partition coefficient (Wildman–Crippen LogP) is 3.45. The second kappa shape index (κ2) is 9.82. The van der Waals surface area contributed by atoms with Gasteiger partial charge in [0.1, 0.15) is 11.3 Å². The van der Waals surface area contributed by atoms with Crippen LogP contribution in [0.4, 0.5) is 0 Å². The van der Waals surface area contributed by atoms with Gasteiger partial charge in [-0.05, 0) is 30.9 Å². The lowest BCUT2D eigenvalue weighted by molar-refractivity contribution is -0.137. The van der Waals surface area contributed by atoms with E-state index in [-0.39, 0.29) is 12.4 Å². The first-order chi connectivity index (χ1) is 10.6. The third kappa shape index (κ3) is 5.76. The maximum absolute atomic E-state index is 11.9. The molecule has 0 atom stereocenters. The van der Waals surface area contributed by atoms with Crippen LogP contribution in [0.3, 0.4) is 0 Å². The summed E-state index contributed by atoms with van der Waals surface area (Å²) in [6.07, 6.45) is 5.63. The van der Waals surface area contributed by atoms with E-state index in [0.29, 0.717) is 11.3 Å². The number of aliphatic carboxylic acids is 1. The zero-order chi connectivity index (χ0) is 16.4. The van der Waals surface area contributed by atoms with Crippen molar-refractivity contribution in [2.75, 3.05) is 14.2 Å². The first-order valence-electron chi connectivity index (χ1n) is 7.56. The molecule has 0 amide bonds. The maximum atomic E-state index is 11.9. The smallest absolute Gasteiger partial charge is 0.341 e. The summed E-state index contributed by atoms with van der Waals surface area (Å²) in [6, 6.07) is 5.54. The number of aryl methyl sites for hydroxylation is 1. The molecule has 0 aromatic heterocycles. The molecule has 0 spiro atoms. The Hall–Kier alpha value is -2.04. The molecule has 0 aliphatic rings. The molecule has 0 aliphatic heterocycles. The van der Waals surface area contributed by atoms with Crippen LogP contribution < -0.4 is 4.74 Å². The third-order valence-electron chi connectivity index (χ3n) is 3.56. The van der Waals surface area contributed by atoms with Crippen molar-refractivity contribution < 1.29 is 24.2 Å². The number of carboxylic acid groups (broad SMARTS) is 1. The summed E-state index contributed by atoms with van der Waals surface area (Å²) in [4.78, 5) is 22.3. The minimum Gasteiger partial charge on any atom is -0.496 e. The average molecular weight is 308 g/mol. The molecular formula is C17H24O5. The standard InChI is InChI=1S/C17H24O5/c1-21-14-11-8-10-13(16(14)17(20)22-2)9-6-4-3-5-7-12-15(18)19/h8,10-11H,3-7,9,12H2,1-2H3,(H,18,19). The second-order valence-electron chi connectivity index (χ2n) is 5.15. The van der Waals surface area contributed by atoms with E-state index < -0.39 is 5.97 Å². The summed E-state index contributed by atoms with van der Waals surface area (Å²) in [5.41, 5.74) is 1.43. The number of rotatable bonds is 10. The van der Waals surface area contributed by atoms with E-state index in [4.69, 9.17) is 14.6 Å². The van der Waals surface area contributed by atoms with Crippen LogP contribution >= 0.6 is 0 Å². The molecule has 0 saturated heterocycles. The van der Waals surface area contributed by atoms with Crippen LogP contribution in [0.2, 0.25) is 0 Å². The van der Waals surface area contributed by atoms with E-state index in [1.54, 1.807) is 6.07 Å². The van der Waals surface area contributed by atoms with Crippen LogP contribution in [0, 0.1) is 0 Å². The van der Waals surface area contributed by atoms with Crippen LogP contribution in [0.15, 0.2) is 18.2 Å². The minimum atomic E-state index is -0.737. The molecule has 0 radical (unpaired) electrons. The topological polar surface area (TPSA) is 72.8 Å². The van der Waals surface area contributed by atoms with Crippen LogP contribution in [0.5, 0.6) is 5.75 Å². The summed E-state index contributed by atoms with van der Waals surface area (Å²) in [7, 11) is 2.90. The monoisotopic (exact) mass is 308 g/mol. The number of hydrogen-bond acceptors (Lipinski definition) is 4. The Morgan fingerprint density at radius 1 is 1.05 bits per heavy atom. The van der Waals surface area contributed by atoms with E-state index >= 15 is 0 Å². The number of esters is 1. The fraction of sp³-hybridized carbons (Fsp3) is 0.529. The fourth-order valence-electron chi connectivity index (χ4n) is 2.41. The number of hydrogen-bond donors (Lipinski definition) is 1. The lowest BCUT2D eigenvalue weighted by atomic mass is 9.99. The van der Waals surface area contributed by atoms with Gasteiger partial charge in [0.15, 0.2) is 0 Å². The molecule has 0 aliphatic carbocycles. The van der Waals surface area contributed by atoms with Gasteiger partial charge < -0.3 is 14.6 Å². The van der Waals surface area contributed by atoms with Gasteiger partial charge in [-0.15, -0.1) is 0 Å². The van der Waals surface area contributed by atoms with Crippen LogP contribution in [-0.2, 0) is 16.0 Å². The third-order valence-corrected chi connectivity index (χ3v) is 3.56. The highest BCUT2D eigenvalue weighted by Crippen LogP contribution is 2.24. The lowest BCUT2D eigenvalue weighted by Gasteiger charge is -2.12. The molecule has 1 aromatic rings. The zero-order valence-electron chi connectivity index (χ0n) is 13.3. The number of carbonyl (C=O) groups is 2. The predicted molar refractivity (Wildman–Crippen MR) is 83.4 cm³/mol. The molecule has 0 unspecified atom stereocenters. The maximum Gasteiger partial charge on any atom is 0.341 e. The summed E-state index contributed by atoms with van der Waals surface area (Å²) in [5.74, 6) is -0.584. The molecule has 5 nitrogen and oxygen atoms in total. The van der Waals surface area contributed by atoms with Crippen molar-refractivity contribution in [1.82, 2.24) is 0 Å². The summed E-state index contributed by atoms with van der Waals surface area (Å²) >= 11 is 0. The van der Waals surface area contributed by atoms with Gasteiger partial charge in [0, 0.05) is 6.42 Å². The van der Waals surface area contributed by atoms with E-state index in [2.05, 4.69) is 0 Å². The van der Waals surface area contributed by atoms with E-state index in [9.17, 15) is 9.59 Å². The fourth-order valence-corrected chi connectivity index (χ4v) is 2.41. The Kier molecular flexibility index (Phi) is 8.04. The van der Waals surface area contributed by atoms with Crippen molar-refractivity contribution in [2.24, 2.45) is 0 Å². The molecule has 0 fully saturated rings. The number of ether oxygens (including phenoxy) is 2. The quantitative estimate of drug-likeness (QED) is 0.529. The molecule has 1 rings (SSSR count). The van der Waals surface area contributed by atoms with Gasteiger partial charge in [-0.25, -0.2) is 4.79 Å². The average Bonchev–Trinajstić information content (AvgIpc) is 2.52. The molecule has 1 aromatic carbocycles. The normalized spacial score (nSPS) is 10.3. The van der Waals surface area contributed by atoms with Crippen molar-refractivity contribution in [3.8, 4) is 5.75 Å². The van der Waals surface area contributed by atoms with Crippen LogP contribution in [-0.4, -0.2) is 31.3 Å². The highest BCUT2D eigenvalue weighted by atomic mass is 16.5. The van der Waals surface area contributed by atoms with Crippen molar-refractivity contribution in [1.29, 1.82) is 0 Å². The Morgan fingerprint density at radius 2 is 1.73 bits per heavy atom. The van der Waals surface area contributed by atoms with Crippen LogP contribution in [0.1, 0.15) is 54.4 Å². The van der Waals surface area contributed by atoms with Gasteiger partial charge in [0.25, 0.3) is 0 Å². The largest absolute Gasteiger partial charge is 0.496 e. The first kappa shape index (κ1) is 18.0. The van der Waals surface area contributed by atoms with E-state index in [1.807, 2.05) is 12.1 Å². The second-order valence-corrected chi connectivity index (χ2v) is 5.15. The van der Waals surface area contributed by atoms with Crippen molar-refractivity contribution in [2.45, 2.75) is 44.9 Å². The summed E-state index contributed by atoms with van der Waals surface area (Å²) < 4.78 is 10.1. The highest BCUT2D eigenvalue weighted by molar-refractivity contribution is 5.94. The van der Waals surface area contributed by atoms with E-state index in [1.165, 1.54) is 14.2 Å². The van der Waals surface area contributed by atoms with E-state index in [0.717, 1.165) is 44.1 Å². The highest BCUT2D eigenvalue weighted by Gasteiger charge is 2.17. The molecule has 0 bridgehead atoms.